The number of unbranched alkanes of at least 4 members (excludes halogenated alkanes) is 4. The number of hydrogen-bond donors (Lipinski definition) is 2. The summed E-state index contributed by atoms with van der Waals surface area (Å²) >= 11 is 0. The average Bonchev–Trinajstić information content (AvgIpc) is 2.36. The predicted octanol–water partition coefficient (Wildman–Crippen LogP) is 4.28. The van der Waals surface area contributed by atoms with Gasteiger partial charge >= 0.3 is 0 Å². The molecule has 0 radical (unpaired) electrons. The maximum atomic E-state index is 3.50. The second-order valence-electron chi connectivity index (χ2n) is 5.47. The molecular formula is C17H30N2. The molecule has 1 aromatic carbocycles. The number of hydrogen-bond acceptors (Lipinski definition) is 2. The van der Waals surface area contributed by atoms with Crippen LogP contribution in [-0.2, 0) is 0 Å². The Kier molecular flexibility index (Phi) is 8.31. The summed E-state index contributed by atoms with van der Waals surface area (Å²) in [5.41, 5.74) is 3.89. The van der Waals surface area contributed by atoms with E-state index in [0.29, 0.717) is 0 Å². The molecule has 108 valence electrons. The van der Waals surface area contributed by atoms with Gasteiger partial charge < -0.3 is 10.6 Å². The van der Waals surface area contributed by atoms with Crippen LogP contribution in [0.5, 0.6) is 0 Å². The lowest BCUT2D eigenvalue weighted by Crippen LogP contribution is -2.23. The third kappa shape index (κ3) is 7.89. The molecule has 0 atom stereocenters. The number of aryl methyl sites for hydroxylation is 2. The summed E-state index contributed by atoms with van der Waals surface area (Å²) in [4.78, 5) is 0. The van der Waals surface area contributed by atoms with Gasteiger partial charge in [0, 0.05) is 18.8 Å². The molecule has 2 heteroatoms. The normalized spacial score (nSPS) is 10.7. The van der Waals surface area contributed by atoms with E-state index in [0.717, 1.165) is 19.6 Å². The molecule has 0 saturated heterocycles. The van der Waals surface area contributed by atoms with Gasteiger partial charge in [-0.2, -0.15) is 0 Å². The summed E-state index contributed by atoms with van der Waals surface area (Å²) < 4.78 is 0. The first kappa shape index (κ1) is 16.0. The van der Waals surface area contributed by atoms with Gasteiger partial charge in [0.25, 0.3) is 0 Å². The van der Waals surface area contributed by atoms with E-state index in [4.69, 9.17) is 0 Å². The van der Waals surface area contributed by atoms with E-state index in [-0.39, 0.29) is 0 Å². The molecule has 2 N–H and O–H groups in total. The molecule has 19 heavy (non-hydrogen) atoms. The summed E-state index contributed by atoms with van der Waals surface area (Å²) in [6, 6.07) is 6.62. The van der Waals surface area contributed by atoms with Crippen LogP contribution in [0.2, 0.25) is 0 Å². The minimum absolute atomic E-state index is 0.998. The van der Waals surface area contributed by atoms with Crippen molar-refractivity contribution in [1.29, 1.82) is 0 Å². The van der Waals surface area contributed by atoms with Gasteiger partial charge in [-0.05, 0) is 50.1 Å². The van der Waals surface area contributed by atoms with Crippen LogP contribution in [0.4, 0.5) is 5.69 Å². The number of rotatable bonds is 10. The van der Waals surface area contributed by atoms with Crippen molar-refractivity contribution in [3.8, 4) is 0 Å². The SMILES string of the molecule is CCCCCCCNCCNc1cc(C)cc(C)c1. The Morgan fingerprint density at radius 2 is 1.47 bits per heavy atom. The molecule has 0 fully saturated rings. The Balaban J connectivity index is 2.01. The lowest BCUT2D eigenvalue weighted by molar-refractivity contribution is 0.589. The fourth-order valence-electron chi connectivity index (χ4n) is 2.35. The minimum atomic E-state index is 0.998. The molecule has 0 bridgehead atoms. The largest absolute Gasteiger partial charge is 0.384 e. The van der Waals surface area contributed by atoms with Crippen molar-refractivity contribution in [1.82, 2.24) is 5.32 Å². The quantitative estimate of drug-likeness (QED) is 0.615. The predicted molar refractivity (Wildman–Crippen MR) is 86.0 cm³/mol. The van der Waals surface area contributed by atoms with Crippen molar-refractivity contribution in [3.05, 3.63) is 29.3 Å². The topological polar surface area (TPSA) is 24.1 Å². The molecule has 0 unspecified atom stereocenters. The molecule has 1 aromatic rings. The van der Waals surface area contributed by atoms with Crippen LogP contribution >= 0.6 is 0 Å². The van der Waals surface area contributed by atoms with Crippen LogP contribution in [0.15, 0.2) is 18.2 Å². The molecule has 0 spiro atoms. The highest BCUT2D eigenvalue weighted by Crippen LogP contribution is 2.13. The van der Waals surface area contributed by atoms with E-state index < -0.39 is 0 Å². The van der Waals surface area contributed by atoms with E-state index in [1.165, 1.54) is 48.9 Å². The highest BCUT2D eigenvalue weighted by Gasteiger charge is 1.95. The van der Waals surface area contributed by atoms with Crippen molar-refractivity contribution in [2.45, 2.75) is 52.9 Å². The summed E-state index contributed by atoms with van der Waals surface area (Å²) in [6.07, 6.45) is 6.77. The third-order valence-electron chi connectivity index (χ3n) is 3.31. The van der Waals surface area contributed by atoms with E-state index in [1.54, 1.807) is 0 Å². The van der Waals surface area contributed by atoms with Crippen LogP contribution in [0.1, 0.15) is 50.2 Å². The maximum Gasteiger partial charge on any atom is 0.0345 e. The molecule has 0 saturated carbocycles. The van der Waals surface area contributed by atoms with Crippen LogP contribution < -0.4 is 10.6 Å². The zero-order valence-corrected chi connectivity index (χ0v) is 12.9. The molecule has 0 aliphatic carbocycles. The minimum Gasteiger partial charge on any atom is -0.384 e. The van der Waals surface area contributed by atoms with E-state index in [1.807, 2.05) is 0 Å². The van der Waals surface area contributed by atoms with E-state index in [2.05, 4.69) is 49.6 Å². The van der Waals surface area contributed by atoms with Crippen molar-refractivity contribution >= 4 is 5.69 Å². The fraction of sp³-hybridized carbons (Fsp3) is 0.647. The Morgan fingerprint density at radius 3 is 2.16 bits per heavy atom. The van der Waals surface area contributed by atoms with E-state index in [9.17, 15) is 0 Å². The summed E-state index contributed by atoms with van der Waals surface area (Å²) in [5.74, 6) is 0. The lowest BCUT2D eigenvalue weighted by atomic mass is 10.1. The van der Waals surface area contributed by atoms with Gasteiger partial charge in [-0.1, -0.05) is 38.7 Å². The molecule has 0 amide bonds. The third-order valence-corrected chi connectivity index (χ3v) is 3.31. The highest BCUT2D eigenvalue weighted by molar-refractivity contribution is 5.48. The van der Waals surface area contributed by atoms with Crippen LogP contribution in [0, 0.1) is 13.8 Å². The molecule has 0 heterocycles. The van der Waals surface area contributed by atoms with Crippen LogP contribution in [0.25, 0.3) is 0 Å². The number of anilines is 1. The van der Waals surface area contributed by atoms with Gasteiger partial charge in [0.05, 0.1) is 0 Å². The van der Waals surface area contributed by atoms with Crippen molar-refractivity contribution < 1.29 is 0 Å². The summed E-state index contributed by atoms with van der Waals surface area (Å²) in [5, 5.41) is 6.97. The molecule has 0 aliphatic rings. The lowest BCUT2D eigenvalue weighted by Gasteiger charge is -2.09. The fourth-order valence-corrected chi connectivity index (χ4v) is 2.35. The first-order valence-corrected chi connectivity index (χ1v) is 7.75. The first-order chi connectivity index (χ1) is 9.22. The highest BCUT2D eigenvalue weighted by atomic mass is 14.9. The molecule has 0 aliphatic heterocycles. The Bertz CT molecular complexity index is 327. The van der Waals surface area contributed by atoms with E-state index >= 15 is 0 Å². The summed E-state index contributed by atoms with van der Waals surface area (Å²) in [7, 11) is 0. The standard InChI is InChI=1S/C17H30N2/c1-4-5-6-7-8-9-18-10-11-19-17-13-15(2)12-16(3)14-17/h12-14,18-19H,4-11H2,1-3H3. The van der Waals surface area contributed by atoms with Crippen molar-refractivity contribution in [2.75, 3.05) is 25.0 Å². The van der Waals surface area contributed by atoms with Gasteiger partial charge in [0.2, 0.25) is 0 Å². The van der Waals surface area contributed by atoms with Gasteiger partial charge in [-0.25, -0.2) is 0 Å². The van der Waals surface area contributed by atoms with Crippen LogP contribution in [-0.4, -0.2) is 19.6 Å². The van der Waals surface area contributed by atoms with Gasteiger partial charge in [-0.3, -0.25) is 0 Å². The Labute approximate surface area is 119 Å². The molecule has 1 rings (SSSR count). The maximum absolute atomic E-state index is 3.50. The first-order valence-electron chi connectivity index (χ1n) is 7.75. The van der Waals surface area contributed by atoms with Gasteiger partial charge in [-0.15, -0.1) is 0 Å². The van der Waals surface area contributed by atoms with Crippen molar-refractivity contribution in [2.24, 2.45) is 0 Å². The van der Waals surface area contributed by atoms with Crippen molar-refractivity contribution in [3.63, 3.8) is 0 Å². The molecule has 2 nitrogen and oxygen atoms in total. The Hall–Kier alpha value is -1.02. The zero-order chi connectivity index (χ0) is 13.9. The second-order valence-corrected chi connectivity index (χ2v) is 5.47. The molecular weight excluding hydrogens is 232 g/mol. The van der Waals surface area contributed by atoms with Crippen LogP contribution in [0.3, 0.4) is 0 Å². The average molecular weight is 262 g/mol. The second kappa shape index (κ2) is 9.85. The smallest absolute Gasteiger partial charge is 0.0345 e. The summed E-state index contributed by atoms with van der Waals surface area (Å²) in [6.45, 7) is 9.74. The monoisotopic (exact) mass is 262 g/mol. The zero-order valence-electron chi connectivity index (χ0n) is 12.9. The Morgan fingerprint density at radius 1 is 0.789 bits per heavy atom. The molecule has 0 aromatic heterocycles. The number of benzene rings is 1. The van der Waals surface area contributed by atoms with Gasteiger partial charge in [0.1, 0.15) is 0 Å². The van der Waals surface area contributed by atoms with Gasteiger partial charge in [0.15, 0.2) is 0 Å². The number of nitrogens with one attached hydrogen (secondary N) is 2.